The molecule has 5 heteroatoms. The molecule has 0 amide bonds. The van der Waals surface area contributed by atoms with Crippen LogP contribution in [0.4, 0.5) is 0 Å². The maximum Gasteiger partial charge on any atom is 0.331 e. The number of benzene rings is 1. The molecular formula is C10H7NO4. The van der Waals surface area contributed by atoms with E-state index < -0.39 is 17.9 Å². The van der Waals surface area contributed by atoms with Crippen molar-refractivity contribution in [3.8, 4) is 5.75 Å². The van der Waals surface area contributed by atoms with Gasteiger partial charge in [-0.05, 0) is 12.1 Å². The highest BCUT2D eigenvalue weighted by atomic mass is 16.5. The number of nitrogens with one attached hydrogen (secondary N) is 1. The van der Waals surface area contributed by atoms with Crippen LogP contribution in [0, 0.1) is 11.3 Å². The first-order chi connectivity index (χ1) is 7.11. The van der Waals surface area contributed by atoms with Crippen molar-refractivity contribution in [1.82, 2.24) is 0 Å². The summed E-state index contributed by atoms with van der Waals surface area (Å²) in [5, 5.41) is 16.4. The Bertz CT molecular complexity index is 466. The summed E-state index contributed by atoms with van der Waals surface area (Å²) in [7, 11) is 0. The second-order valence-electron chi connectivity index (χ2n) is 3.10. The minimum absolute atomic E-state index is 0.227. The summed E-state index contributed by atoms with van der Waals surface area (Å²) >= 11 is 0. The third-order valence-corrected chi connectivity index (χ3v) is 2.16. The van der Waals surface area contributed by atoms with Crippen molar-refractivity contribution in [2.45, 2.75) is 0 Å². The number of para-hydroxylation sites is 1. The Morgan fingerprint density at radius 1 is 1.40 bits per heavy atom. The molecule has 1 aliphatic rings. The number of carboxylic acids is 1. The lowest BCUT2D eigenvalue weighted by molar-refractivity contribution is -0.149. The van der Waals surface area contributed by atoms with E-state index in [9.17, 15) is 9.59 Å². The van der Waals surface area contributed by atoms with Crippen LogP contribution in [-0.4, -0.2) is 22.8 Å². The fourth-order valence-electron chi connectivity index (χ4n) is 1.44. The Hall–Kier alpha value is -2.17. The number of carbonyl (C=O) groups excluding carboxylic acids is 1. The third-order valence-electron chi connectivity index (χ3n) is 2.16. The average Bonchev–Trinajstić information content (AvgIpc) is 2.17. The molecule has 15 heavy (non-hydrogen) atoms. The van der Waals surface area contributed by atoms with Crippen LogP contribution in [0.3, 0.4) is 0 Å². The van der Waals surface area contributed by atoms with Crippen LogP contribution in [0.2, 0.25) is 0 Å². The second kappa shape index (κ2) is 3.20. The van der Waals surface area contributed by atoms with Gasteiger partial charge < -0.3 is 15.3 Å². The van der Waals surface area contributed by atoms with Crippen molar-refractivity contribution >= 4 is 17.7 Å². The lowest BCUT2D eigenvalue weighted by atomic mass is 9.94. The molecule has 1 aromatic rings. The first kappa shape index (κ1) is 9.39. The normalized spacial score (nSPS) is 19.3. The molecule has 0 aromatic heterocycles. The molecule has 1 heterocycles. The van der Waals surface area contributed by atoms with Crippen molar-refractivity contribution in [2.75, 3.05) is 0 Å². The van der Waals surface area contributed by atoms with Gasteiger partial charge in [0.25, 0.3) is 0 Å². The van der Waals surface area contributed by atoms with Crippen LogP contribution in [-0.2, 0) is 9.59 Å². The predicted molar refractivity (Wildman–Crippen MR) is 50.0 cm³/mol. The van der Waals surface area contributed by atoms with E-state index in [1.54, 1.807) is 18.2 Å². The molecule has 0 saturated carbocycles. The van der Waals surface area contributed by atoms with Gasteiger partial charge in [0, 0.05) is 5.56 Å². The van der Waals surface area contributed by atoms with Crippen LogP contribution in [0.25, 0.3) is 0 Å². The number of fused-ring (bicyclic) bond motifs is 1. The fraction of sp³-hybridized carbons (Fsp3) is 0.100. The molecule has 1 atom stereocenters. The Kier molecular flexibility index (Phi) is 2.00. The third kappa shape index (κ3) is 1.38. The minimum atomic E-state index is -1.51. The zero-order valence-electron chi connectivity index (χ0n) is 7.56. The maximum absolute atomic E-state index is 11.3. The molecule has 0 radical (unpaired) electrons. The van der Waals surface area contributed by atoms with E-state index in [0.29, 0.717) is 5.56 Å². The highest BCUT2D eigenvalue weighted by molar-refractivity contribution is 6.24. The quantitative estimate of drug-likeness (QED) is 0.400. The Morgan fingerprint density at radius 2 is 2.07 bits per heavy atom. The number of ether oxygens (including phenoxy) is 1. The first-order valence-electron chi connectivity index (χ1n) is 4.23. The lowest BCUT2D eigenvalue weighted by Crippen LogP contribution is -2.38. The molecule has 0 aliphatic carbocycles. The van der Waals surface area contributed by atoms with Crippen LogP contribution in [0.1, 0.15) is 5.56 Å². The van der Waals surface area contributed by atoms with Gasteiger partial charge in [-0.2, -0.15) is 0 Å². The Balaban J connectivity index is 2.52. The molecule has 2 N–H and O–H groups in total. The molecule has 1 aromatic carbocycles. The molecule has 0 saturated heterocycles. The van der Waals surface area contributed by atoms with E-state index in [1.807, 2.05) is 0 Å². The van der Waals surface area contributed by atoms with Crippen molar-refractivity contribution in [3.05, 3.63) is 29.8 Å². The van der Waals surface area contributed by atoms with Gasteiger partial charge in [-0.15, -0.1) is 0 Å². The van der Waals surface area contributed by atoms with Crippen molar-refractivity contribution < 1.29 is 19.4 Å². The van der Waals surface area contributed by atoms with E-state index in [-0.39, 0.29) is 11.5 Å². The largest absolute Gasteiger partial charge is 0.480 e. The number of esters is 1. The van der Waals surface area contributed by atoms with Crippen molar-refractivity contribution in [3.63, 3.8) is 0 Å². The van der Waals surface area contributed by atoms with E-state index in [4.69, 9.17) is 15.3 Å². The molecule has 0 spiro atoms. The van der Waals surface area contributed by atoms with E-state index in [2.05, 4.69) is 0 Å². The van der Waals surface area contributed by atoms with Gasteiger partial charge in [0.15, 0.2) is 5.92 Å². The smallest absolute Gasteiger partial charge is 0.331 e. The van der Waals surface area contributed by atoms with Crippen LogP contribution in [0.15, 0.2) is 24.3 Å². The summed E-state index contributed by atoms with van der Waals surface area (Å²) in [6, 6.07) is 6.39. The van der Waals surface area contributed by atoms with Gasteiger partial charge in [-0.3, -0.25) is 9.59 Å². The van der Waals surface area contributed by atoms with Gasteiger partial charge in [0.05, 0.1) is 5.71 Å². The zero-order chi connectivity index (χ0) is 11.0. The topological polar surface area (TPSA) is 87.5 Å². The van der Waals surface area contributed by atoms with E-state index >= 15 is 0 Å². The van der Waals surface area contributed by atoms with Gasteiger partial charge in [0.1, 0.15) is 5.75 Å². The minimum Gasteiger partial charge on any atom is -0.480 e. The molecule has 0 fully saturated rings. The van der Waals surface area contributed by atoms with Gasteiger partial charge in [0.2, 0.25) is 0 Å². The standard InChI is InChI=1S/C10H7NO4/c11-8-5-3-1-2-4-6(5)15-10(14)7(8)9(12)13/h1-4,7,11H,(H,12,13). The van der Waals surface area contributed by atoms with Crippen LogP contribution in [0.5, 0.6) is 5.75 Å². The fourth-order valence-corrected chi connectivity index (χ4v) is 1.44. The molecule has 0 bridgehead atoms. The molecule has 1 aliphatic heterocycles. The number of carbonyl (C=O) groups is 2. The highest BCUT2D eigenvalue weighted by Crippen LogP contribution is 2.27. The summed E-state index contributed by atoms with van der Waals surface area (Å²) in [5.41, 5.74) is 0.124. The Labute approximate surface area is 84.8 Å². The van der Waals surface area contributed by atoms with Gasteiger partial charge in [-0.25, -0.2) is 0 Å². The lowest BCUT2D eigenvalue weighted by Gasteiger charge is -2.21. The predicted octanol–water partition coefficient (Wildman–Crippen LogP) is 0.674. The summed E-state index contributed by atoms with van der Waals surface area (Å²) in [5.74, 6) is -3.55. The summed E-state index contributed by atoms with van der Waals surface area (Å²) < 4.78 is 4.82. The zero-order valence-corrected chi connectivity index (χ0v) is 7.56. The van der Waals surface area contributed by atoms with Crippen LogP contribution >= 0.6 is 0 Å². The van der Waals surface area contributed by atoms with Crippen LogP contribution < -0.4 is 4.74 Å². The number of carboxylic acid groups (broad SMARTS) is 1. The monoisotopic (exact) mass is 205 g/mol. The highest BCUT2D eigenvalue weighted by Gasteiger charge is 2.38. The van der Waals surface area contributed by atoms with E-state index in [1.165, 1.54) is 6.07 Å². The number of rotatable bonds is 1. The van der Waals surface area contributed by atoms with Gasteiger partial charge >= 0.3 is 11.9 Å². The molecule has 1 unspecified atom stereocenters. The summed E-state index contributed by atoms with van der Waals surface area (Å²) in [6.45, 7) is 0. The Morgan fingerprint density at radius 3 is 2.73 bits per heavy atom. The van der Waals surface area contributed by atoms with E-state index in [0.717, 1.165) is 0 Å². The van der Waals surface area contributed by atoms with Gasteiger partial charge in [-0.1, -0.05) is 12.1 Å². The average molecular weight is 205 g/mol. The SMILES string of the molecule is N=C1c2ccccc2OC(=O)C1C(=O)O. The van der Waals surface area contributed by atoms with Crippen molar-refractivity contribution in [2.24, 2.45) is 5.92 Å². The molecule has 5 nitrogen and oxygen atoms in total. The number of aliphatic carboxylic acids is 1. The summed E-state index contributed by atoms with van der Waals surface area (Å²) in [6.07, 6.45) is 0. The van der Waals surface area contributed by atoms with Crippen molar-refractivity contribution in [1.29, 1.82) is 5.41 Å². The number of hydrogen-bond acceptors (Lipinski definition) is 4. The molecule has 76 valence electrons. The maximum atomic E-state index is 11.3. The number of hydrogen-bond donors (Lipinski definition) is 2. The molecule has 2 rings (SSSR count). The second-order valence-corrected chi connectivity index (χ2v) is 3.10. The summed E-state index contributed by atoms with van der Waals surface area (Å²) in [4.78, 5) is 22.0. The first-order valence-corrected chi connectivity index (χ1v) is 4.23. The molecular weight excluding hydrogens is 198 g/mol.